The van der Waals surface area contributed by atoms with Crippen molar-refractivity contribution in [2.75, 3.05) is 26.2 Å². The Morgan fingerprint density at radius 2 is 1.74 bits per heavy atom. The number of nitrogens with one attached hydrogen (secondary N) is 1. The molecule has 1 heterocycles. The molecule has 1 atom stereocenters. The van der Waals surface area contributed by atoms with Crippen LogP contribution in [0, 0.1) is 6.92 Å². The van der Waals surface area contributed by atoms with Crippen LogP contribution < -0.4 is 5.32 Å². The molecule has 35 heavy (non-hydrogen) atoms. The van der Waals surface area contributed by atoms with Crippen molar-refractivity contribution in [3.63, 3.8) is 0 Å². The number of phenolic OH excluding ortho intramolecular Hbond substituents is 1. The van der Waals surface area contributed by atoms with Crippen molar-refractivity contribution in [2.24, 2.45) is 0 Å². The number of benzene rings is 2. The molecule has 2 fully saturated rings. The van der Waals surface area contributed by atoms with Crippen LogP contribution in [0.3, 0.4) is 0 Å². The number of nitrogens with zero attached hydrogens (tertiary/aromatic N) is 2. The maximum absolute atomic E-state index is 13.4. The van der Waals surface area contributed by atoms with Gasteiger partial charge in [0.25, 0.3) is 0 Å². The zero-order valence-electron chi connectivity index (χ0n) is 20.2. The number of aromatic hydroxyl groups is 1. The number of phenols is 1. The van der Waals surface area contributed by atoms with E-state index in [1.54, 1.807) is 37.3 Å². The van der Waals surface area contributed by atoms with Gasteiger partial charge in [0.1, 0.15) is 11.8 Å². The first kappa shape index (κ1) is 25.5. The van der Waals surface area contributed by atoms with Crippen LogP contribution in [-0.2, 0) is 17.5 Å². The molecule has 0 aromatic heterocycles. The quantitative estimate of drug-likeness (QED) is 0.598. The van der Waals surface area contributed by atoms with Gasteiger partial charge in [-0.3, -0.25) is 14.6 Å². The first-order valence-corrected chi connectivity index (χ1v) is 12.4. The van der Waals surface area contributed by atoms with Gasteiger partial charge in [0.2, 0.25) is 5.91 Å². The van der Waals surface area contributed by atoms with Crippen molar-refractivity contribution in [2.45, 2.75) is 63.8 Å². The Hall–Kier alpha value is -2.58. The van der Waals surface area contributed by atoms with E-state index in [2.05, 4.69) is 15.1 Å². The standard InChI is InChI=1S/C27H34F3N3O2/c1-19-15-20(17-21(16-19)27(28,29)30)18-31-26(35)25(23-9-5-6-10-24(23)34)33-13-11-32(12-14-33)22-7-3-2-4-8-22/h5-6,9-10,15-17,22,25,34H,2-4,7-8,11-14,18H2,1H3,(H,31,35). The van der Waals surface area contributed by atoms with E-state index in [1.807, 2.05) is 0 Å². The molecule has 1 aliphatic heterocycles. The maximum Gasteiger partial charge on any atom is 0.416 e. The van der Waals surface area contributed by atoms with Crippen molar-refractivity contribution >= 4 is 5.91 Å². The molecule has 1 aliphatic carbocycles. The summed E-state index contributed by atoms with van der Waals surface area (Å²) in [7, 11) is 0. The predicted octanol–water partition coefficient (Wildman–Crippen LogP) is 5.03. The second-order valence-electron chi connectivity index (χ2n) is 9.75. The summed E-state index contributed by atoms with van der Waals surface area (Å²) in [4.78, 5) is 18.0. The van der Waals surface area contributed by atoms with Gasteiger partial charge in [-0.25, -0.2) is 0 Å². The number of carbonyl (C=O) groups is 1. The molecular formula is C27H34F3N3O2. The lowest BCUT2D eigenvalue weighted by molar-refractivity contribution is -0.137. The number of halogens is 3. The van der Waals surface area contributed by atoms with Crippen molar-refractivity contribution < 1.29 is 23.1 Å². The van der Waals surface area contributed by atoms with Gasteiger partial charge >= 0.3 is 6.18 Å². The predicted molar refractivity (Wildman–Crippen MR) is 129 cm³/mol. The highest BCUT2D eigenvalue weighted by atomic mass is 19.4. The smallest absolute Gasteiger partial charge is 0.416 e. The van der Waals surface area contributed by atoms with E-state index >= 15 is 0 Å². The van der Waals surface area contributed by atoms with Gasteiger partial charge in [-0.1, -0.05) is 49.1 Å². The molecule has 8 heteroatoms. The average molecular weight is 490 g/mol. The van der Waals surface area contributed by atoms with E-state index in [4.69, 9.17) is 0 Å². The molecule has 5 nitrogen and oxygen atoms in total. The number of carbonyl (C=O) groups excluding carboxylic acids is 1. The van der Waals surface area contributed by atoms with Crippen LogP contribution in [0.5, 0.6) is 5.75 Å². The van der Waals surface area contributed by atoms with Crippen LogP contribution in [0.15, 0.2) is 42.5 Å². The molecule has 2 N–H and O–H groups in total. The minimum absolute atomic E-state index is 0.0181. The SMILES string of the molecule is Cc1cc(CNC(=O)C(c2ccccc2O)N2CCN(C3CCCCC3)CC2)cc(C(F)(F)F)c1. The van der Waals surface area contributed by atoms with Crippen LogP contribution in [0.1, 0.15) is 60.4 Å². The molecule has 2 aliphatic rings. The summed E-state index contributed by atoms with van der Waals surface area (Å²) in [6.07, 6.45) is 1.84. The van der Waals surface area contributed by atoms with Crippen molar-refractivity contribution in [1.82, 2.24) is 15.1 Å². The fourth-order valence-corrected chi connectivity index (χ4v) is 5.44. The molecule has 4 rings (SSSR count). The van der Waals surface area contributed by atoms with Crippen molar-refractivity contribution in [1.29, 1.82) is 0 Å². The molecule has 1 saturated heterocycles. The third kappa shape index (κ3) is 6.35. The fraction of sp³-hybridized carbons (Fsp3) is 0.519. The van der Waals surface area contributed by atoms with Crippen LogP contribution in [0.2, 0.25) is 0 Å². The van der Waals surface area contributed by atoms with Crippen LogP contribution >= 0.6 is 0 Å². The van der Waals surface area contributed by atoms with Crippen LogP contribution in [0.4, 0.5) is 13.2 Å². The highest BCUT2D eigenvalue weighted by molar-refractivity contribution is 5.84. The van der Waals surface area contributed by atoms with Crippen molar-refractivity contribution in [3.8, 4) is 5.75 Å². The monoisotopic (exact) mass is 489 g/mol. The van der Waals surface area contributed by atoms with E-state index in [0.29, 0.717) is 35.8 Å². The molecule has 1 saturated carbocycles. The van der Waals surface area contributed by atoms with E-state index in [9.17, 15) is 23.1 Å². The molecule has 1 unspecified atom stereocenters. The molecule has 0 bridgehead atoms. The molecular weight excluding hydrogens is 455 g/mol. The number of piperazine rings is 1. The Kier molecular flexibility index (Phi) is 8.02. The number of hydrogen-bond acceptors (Lipinski definition) is 4. The molecule has 190 valence electrons. The van der Waals surface area contributed by atoms with Crippen molar-refractivity contribution in [3.05, 3.63) is 64.7 Å². The highest BCUT2D eigenvalue weighted by Crippen LogP contribution is 2.32. The van der Waals surface area contributed by atoms with Gasteiger partial charge in [0.15, 0.2) is 0 Å². The summed E-state index contributed by atoms with van der Waals surface area (Å²) in [5, 5.41) is 13.4. The number of rotatable bonds is 6. The molecule has 2 aromatic rings. The van der Waals surface area contributed by atoms with E-state index in [1.165, 1.54) is 32.1 Å². The van der Waals surface area contributed by atoms with Crippen LogP contribution in [0.25, 0.3) is 0 Å². The van der Waals surface area contributed by atoms with E-state index < -0.39 is 17.8 Å². The number of hydrogen-bond donors (Lipinski definition) is 2. The zero-order valence-corrected chi connectivity index (χ0v) is 20.2. The number of para-hydroxylation sites is 1. The molecule has 2 aromatic carbocycles. The number of aryl methyl sites for hydroxylation is 1. The lowest BCUT2D eigenvalue weighted by atomic mass is 9.93. The zero-order chi connectivity index (χ0) is 25.0. The van der Waals surface area contributed by atoms with Gasteiger partial charge in [-0.15, -0.1) is 0 Å². The largest absolute Gasteiger partial charge is 0.508 e. The Morgan fingerprint density at radius 3 is 2.40 bits per heavy atom. The lowest BCUT2D eigenvalue weighted by Gasteiger charge is -2.43. The normalized spacial score (nSPS) is 19.4. The fourth-order valence-electron chi connectivity index (χ4n) is 5.44. The Labute approximate surface area is 204 Å². The Balaban J connectivity index is 1.48. The minimum atomic E-state index is -4.44. The second-order valence-corrected chi connectivity index (χ2v) is 9.75. The average Bonchev–Trinajstić information content (AvgIpc) is 2.84. The van der Waals surface area contributed by atoms with E-state index in [-0.39, 0.29) is 18.2 Å². The van der Waals surface area contributed by atoms with Crippen LogP contribution in [-0.4, -0.2) is 53.0 Å². The molecule has 1 amide bonds. The minimum Gasteiger partial charge on any atom is -0.508 e. The van der Waals surface area contributed by atoms with Gasteiger partial charge in [-0.05, 0) is 43.5 Å². The number of alkyl halides is 3. The summed E-state index contributed by atoms with van der Waals surface area (Å²) in [6, 6.07) is 10.5. The summed E-state index contributed by atoms with van der Waals surface area (Å²) in [5.41, 5.74) is 0.665. The topological polar surface area (TPSA) is 55.8 Å². The van der Waals surface area contributed by atoms with Gasteiger partial charge in [0, 0.05) is 44.3 Å². The first-order chi connectivity index (χ1) is 16.7. The molecule has 0 radical (unpaired) electrons. The highest BCUT2D eigenvalue weighted by Gasteiger charge is 2.34. The summed E-state index contributed by atoms with van der Waals surface area (Å²) >= 11 is 0. The second kappa shape index (κ2) is 11.0. The van der Waals surface area contributed by atoms with E-state index in [0.717, 1.165) is 25.2 Å². The Bertz CT molecular complexity index is 1010. The van der Waals surface area contributed by atoms with Gasteiger partial charge in [-0.2, -0.15) is 13.2 Å². The maximum atomic E-state index is 13.4. The first-order valence-electron chi connectivity index (χ1n) is 12.4. The summed E-state index contributed by atoms with van der Waals surface area (Å²) in [5.74, 6) is -0.287. The summed E-state index contributed by atoms with van der Waals surface area (Å²) < 4.78 is 39.7. The molecule has 0 spiro atoms. The summed E-state index contributed by atoms with van der Waals surface area (Å²) in [6.45, 7) is 4.67. The van der Waals surface area contributed by atoms with Gasteiger partial charge in [0.05, 0.1) is 5.56 Å². The lowest BCUT2D eigenvalue weighted by Crippen LogP contribution is -2.53. The third-order valence-electron chi connectivity index (χ3n) is 7.22. The van der Waals surface area contributed by atoms with Gasteiger partial charge < -0.3 is 10.4 Å². The third-order valence-corrected chi connectivity index (χ3v) is 7.22. The number of amides is 1. The Morgan fingerprint density at radius 1 is 1.06 bits per heavy atom.